The highest BCUT2D eigenvalue weighted by molar-refractivity contribution is 7.14. The predicted molar refractivity (Wildman–Crippen MR) is 119 cm³/mol. The number of aromatic nitrogens is 1. The van der Waals surface area contributed by atoms with Gasteiger partial charge in [0.1, 0.15) is 5.75 Å². The molecule has 0 saturated carbocycles. The molecule has 30 heavy (non-hydrogen) atoms. The summed E-state index contributed by atoms with van der Waals surface area (Å²) in [7, 11) is 0. The van der Waals surface area contributed by atoms with Crippen molar-refractivity contribution in [1.82, 2.24) is 4.98 Å². The molecule has 0 saturated heterocycles. The van der Waals surface area contributed by atoms with Crippen LogP contribution in [0.1, 0.15) is 43.6 Å². The minimum absolute atomic E-state index is 0.0383. The molecule has 154 valence electrons. The third-order valence-electron chi connectivity index (χ3n) is 4.94. The number of rotatable bonds is 3. The van der Waals surface area contributed by atoms with Crippen LogP contribution in [0.25, 0.3) is 11.3 Å². The summed E-state index contributed by atoms with van der Waals surface area (Å²) in [6.45, 7) is 8.12. The van der Waals surface area contributed by atoms with Crippen LogP contribution in [-0.4, -0.2) is 22.9 Å². The number of amides is 2. The molecule has 7 heteroatoms. The number of carbonyl (C=O) groups excluding carboxylic acids is 2. The van der Waals surface area contributed by atoms with Crippen molar-refractivity contribution in [1.29, 1.82) is 0 Å². The van der Waals surface area contributed by atoms with Gasteiger partial charge in [-0.1, -0.05) is 32.9 Å². The van der Waals surface area contributed by atoms with E-state index >= 15 is 0 Å². The molecule has 1 aliphatic heterocycles. The van der Waals surface area contributed by atoms with Gasteiger partial charge >= 0.3 is 0 Å². The fourth-order valence-electron chi connectivity index (χ4n) is 3.12. The van der Waals surface area contributed by atoms with E-state index in [1.165, 1.54) is 16.9 Å². The quantitative estimate of drug-likeness (QED) is 0.618. The fourth-order valence-corrected chi connectivity index (χ4v) is 3.84. The molecule has 0 fully saturated rings. The third kappa shape index (κ3) is 4.07. The summed E-state index contributed by atoms with van der Waals surface area (Å²) in [6, 6.07) is 13.1. The Morgan fingerprint density at radius 2 is 1.90 bits per heavy atom. The lowest BCUT2D eigenvalue weighted by Crippen LogP contribution is -2.34. The van der Waals surface area contributed by atoms with E-state index in [-0.39, 0.29) is 17.2 Å². The molecule has 2 heterocycles. The van der Waals surface area contributed by atoms with Crippen molar-refractivity contribution in [2.45, 2.75) is 39.2 Å². The van der Waals surface area contributed by atoms with Gasteiger partial charge in [-0.3, -0.25) is 14.9 Å². The van der Waals surface area contributed by atoms with E-state index in [1.807, 2.05) is 47.8 Å². The topological polar surface area (TPSA) is 80.3 Å². The molecule has 0 radical (unpaired) electrons. The van der Waals surface area contributed by atoms with Crippen molar-refractivity contribution in [3.63, 3.8) is 0 Å². The van der Waals surface area contributed by atoms with E-state index in [0.29, 0.717) is 27.8 Å². The van der Waals surface area contributed by atoms with E-state index in [4.69, 9.17) is 4.74 Å². The largest absolute Gasteiger partial charge is 0.479 e. The summed E-state index contributed by atoms with van der Waals surface area (Å²) >= 11 is 1.35. The number of hydrogen-bond acceptors (Lipinski definition) is 5. The number of fused-ring (bicyclic) bond motifs is 1. The van der Waals surface area contributed by atoms with Gasteiger partial charge < -0.3 is 10.1 Å². The SMILES string of the molecule is CC1Oc2ccc(-c3csc(NC(=O)c4ccc(C(C)(C)C)cc4)n3)cc2NC1=O. The summed E-state index contributed by atoms with van der Waals surface area (Å²) in [6.07, 6.45) is -0.512. The third-order valence-corrected chi connectivity index (χ3v) is 5.70. The van der Waals surface area contributed by atoms with Crippen molar-refractivity contribution in [3.05, 3.63) is 59.0 Å². The highest BCUT2D eigenvalue weighted by Gasteiger charge is 2.24. The Kier molecular flexibility index (Phi) is 5.07. The number of nitrogens with zero attached hydrogens (tertiary/aromatic N) is 1. The van der Waals surface area contributed by atoms with Crippen LogP contribution in [0.4, 0.5) is 10.8 Å². The number of benzene rings is 2. The van der Waals surface area contributed by atoms with Gasteiger partial charge in [-0.2, -0.15) is 0 Å². The van der Waals surface area contributed by atoms with Crippen LogP contribution in [-0.2, 0) is 10.2 Å². The smallest absolute Gasteiger partial charge is 0.265 e. The van der Waals surface area contributed by atoms with Gasteiger partial charge in [-0.25, -0.2) is 4.98 Å². The molecule has 0 bridgehead atoms. The van der Waals surface area contributed by atoms with Gasteiger partial charge in [0.15, 0.2) is 11.2 Å². The van der Waals surface area contributed by atoms with Crippen molar-refractivity contribution in [2.24, 2.45) is 0 Å². The fraction of sp³-hybridized carbons (Fsp3) is 0.261. The first kappa shape index (κ1) is 20.1. The summed E-state index contributed by atoms with van der Waals surface area (Å²) in [5.41, 5.74) is 3.97. The molecule has 0 aliphatic carbocycles. The number of nitrogens with one attached hydrogen (secondary N) is 2. The van der Waals surface area contributed by atoms with Crippen LogP contribution in [0.5, 0.6) is 5.75 Å². The maximum absolute atomic E-state index is 12.6. The minimum Gasteiger partial charge on any atom is -0.479 e. The normalized spacial score (nSPS) is 15.7. The van der Waals surface area contributed by atoms with E-state index in [1.54, 1.807) is 6.92 Å². The first-order valence-electron chi connectivity index (χ1n) is 9.70. The zero-order valence-corrected chi connectivity index (χ0v) is 18.1. The van der Waals surface area contributed by atoms with Gasteiger partial charge in [0.25, 0.3) is 11.8 Å². The molecule has 1 aliphatic rings. The van der Waals surface area contributed by atoms with Gasteiger partial charge in [-0.15, -0.1) is 11.3 Å². The summed E-state index contributed by atoms with van der Waals surface area (Å²) in [5, 5.41) is 8.08. The van der Waals surface area contributed by atoms with Crippen LogP contribution in [0.15, 0.2) is 47.8 Å². The highest BCUT2D eigenvalue weighted by Crippen LogP contribution is 2.35. The van der Waals surface area contributed by atoms with E-state index < -0.39 is 6.10 Å². The maximum atomic E-state index is 12.6. The summed E-state index contributed by atoms with van der Waals surface area (Å²) in [5.74, 6) is 0.258. The standard InChI is InChI=1S/C23H23N3O3S/c1-13-20(27)24-17-11-15(7-10-19(17)29-13)18-12-30-22(25-18)26-21(28)14-5-8-16(9-6-14)23(2,3)4/h5-13H,1-4H3,(H,24,27)(H,25,26,28). The van der Waals surface area contributed by atoms with Gasteiger partial charge in [0.2, 0.25) is 0 Å². The Morgan fingerprint density at radius 1 is 1.17 bits per heavy atom. The van der Waals surface area contributed by atoms with Crippen molar-refractivity contribution in [2.75, 3.05) is 10.6 Å². The van der Waals surface area contributed by atoms with Crippen LogP contribution < -0.4 is 15.4 Å². The molecule has 2 N–H and O–H groups in total. The number of ether oxygens (including phenoxy) is 1. The zero-order valence-electron chi connectivity index (χ0n) is 17.3. The van der Waals surface area contributed by atoms with Crippen molar-refractivity contribution < 1.29 is 14.3 Å². The molecule has 2 amide bonds. The first-order valence-corrected chi connectivity index (χ1v) is 10.6. The summed E-state index contributed by atoms with van der Waals surface area (Å²) < 4.78 is 5.58. The molecule has 6 nitrogen and oxygen atoms in total. The zero-order chi connectivity index (χ0) is 21.5. The Hall–Kier alpha value is -3.19. The van der Waals surface area contributed by atoms with Crippen molar-refractivity contribution in [3.8, 4) is 17.0 Å². The van der Waals surface area contributed by atoms with E-state index in [0.717, 1.165) is 5.56 Å². The Labute approximate surface area is 179 Å². The second kappa shape index (κ2) is 7.57. The molecule has 1 unspecified atom stereocenters. The number of thiazole rings is 1. The lowest BCUT2D eigenvalue weighted by Gasteiger charge is -2.23. The predicted octanol–water partition coefficient (Wildman–Crippen LogP) is 5.08. The van der Waals surface area contributed by atoms with E-state index in [2.05, 4.69) is 36.4 Å². The Balaban J connectivity index is 1.49. The van der Waals surface area contributed by atoms with Crippen molar-refractivity contribution >= 4 is 34.0 Å². The minimum atomic E-state index is -0.512. The number of anilines is 2. The second-order valence-electron chi connectivity index (χ2n) is 8.28. The average Bonchev–Trinajstić information content (AvgIpc) is 3.16. The van der Waals surface area contributed by atoms with Crippen LogP contribution >= 0.6 is 11.3 Å². The lowest BCUT2D eigenvalue weighted by molar-refractivity contribution is -0.122. The summed E-state index contributed by atoms with van der Waals surface area (Å²) in [4.78, 5) is 28.9. The monoisotopic (exact) mass is 421 g/mol. The molecule has 2 aromatic carbocycles. The van der Waals surface area contributed by atoms with Gasteiger partial charge in [0.05, 0.1) is 11.4 Å². The maximum Gasteiger partial charge on any atom is 0.265 e. The van der Waals surface area contributed by atoms with Gasteiger partial charge in [0, 0.05) is 16.5 Å². The highest BCUT2D eigenvalue weighted by atomic mass is 32.1. The Morgan fingerprint density at radius 3 is 2.60 bits per heavy atom. The molecule has 3 aromatic rings. The number of hydrogen-bond donors (Lipinski definition) is 2. The van der Waals surface area contributed by atoms with Gasteiger partial charge in [-0.05, 0) is 48.2 Å². The lowest BCUT2D eigenvalue weighted by atomic mass is 9.87. The van der Waals surface area contributed by atoms with E-state index in [9.17, 15) is 9.59 Å². The molecular weight excluding hydrogens is 398 g/mol. The van der Waals surface area contributed by atoms with Crippen LogP contribution in [0, 0.1) is 0 Å². The molecule has 1 aromatic heterocycles. The number of carbonyl (C=O) groups is 2. The first-order chi connectivity index (χ1) is 14.2. The van der Waals surface area contributed by atoms with Crippen LogP contribution in [0.2, 0.25) is 0 Å². The Bertz CT molecular complexity index is 1110. The molecule has 0 spiro atoms. The second-order valence-corrected chi connectivity index (χ2v) is 9.14. The molecule has 1 atom stereocenters. The molecular formula is C23H23N3O3S. The van der Waals surface area contributed by atoms with Crippen LogP contribution in [0.3, 0.4) is 0 Å². The molecule has 4 rings (SSSR count). The average molecular weight is 422 g/mol.